The molecule has 10 heteroatoms. The Morgan fingerprint density at radius 2 is 1.80 bits per heavy atom. The third-order valence-corrected chi connectivity index (χ3v) is 14.3. The maximum absolute atomic E-state index is 14.2. The van der Waals surface area contributed by atoms with Gasteiger partial charge in [-0.15, -0.1) is 0 Å². The topological polar surface area (TPSA) is 119 Å². The summed E-state index contributed by atoms with van der Waals surface area (Å²) in [6, 6.07) is 7.56. The van der Waals surface area contributed by atoms with Crippen molar-refractivity contribution in [3.63, 3.8) is 0 Å². The van der Waals surface area contributed by atoms with E-state index in [1.807, 2.05) is 0 Å². The quantitative estimate of drug-likeness (QED) is 0.297. The van der Waals surface area contributed by atoms with Gasteiger partial charge >= 0.3 is 5.97 Å². The molecule has 270 valence electrons. The van der Waals surface area contributed by atoms with E-state index in [2.05, 4.69) is 56.4 Å². The van der Waals surface area contributed by atoms with Gasteiger partial charge in [0.15, 0.2) is 11.8 Å². The van der Waals surface area contributed by atoms with Crippen LogP contribution in [0, 0.1) is 34.5 Å². The molecule has 0 spiro atoms. The predicted octanol–water partition coefficient (Wildman–Crippen LogP) is 4.67. The summed E-state index contributed by atoms with van der Waals surface area (Å²) in [6.45, 7) is 7.35. The second-order valence-corrected chi connectivity index (χ2v) is 18.0. The summed E-state index contributed by atoms with van der Waals surface area (Å²) in [5, 5.41) is 14.2. The van der Waals surface area contributed by atoms with Crippen molar-refractivity contribution in [2.75, 3.05) is 13.2 Å². The van der Waals surface area contributed by atoms with E-state index in [-0.39, 0.29) is 24.7 Å². The normalized spacial score (nSPS) is 44.5. The number of hydroxylamine groups is 2. The number of esters is 1. The van der Waals surface area contributed by atoms with Crippen molar-refractivity contribution in [3.8, 4) is 0 Å². The lowest BCUT2D eigenvalue weighted by molar-refractivity contribution is -0.235. The maximum Gasteiger partial charge on any atom is 0.327 e. The van der Waals surface area contributed by atoms with E-state index in [4.69, 9.17) is 23.8 Å². The van der Waals surface area contributed by atoms with Gasteiger partial charge in [-0.25, -0.2) is 0 Å². The Morgan fingerprint density at radius 1 is 1.02 bits per heavy atom. The molecule has 50 heavy (non-hydrogen) atoms. The highest BCUT2D eigenvalue weighted by molar-refractivity contribution is 5.93. The number of carbonyl (C=O) groups excluding carboxylic acids is 2. The molecule has 0 radical (unpaired) electrons. The first-order valence-electron chi connectivity index (χ1n) is 19.4. The minimum atomic E-state index is -1.22. The average molecular weight is 689 g/mol. The minimum absolute atomic E-state index is 0.0537. The van der Waals surface area contributed by atoms with Gasteiger partial charge < -0.3 is 29.4 Å². The number of epoxide rings is 1. The maximum atomic E-state index is 14.2. The molecule has 10 atom stereocenters. The van der Waals surface area contributed by atoms with Gasteiger partial charge in [0.2, 0.25) is 5.91 Å². The molecule has 1 unspecified atom stereocenters. The number of aliphatic hydroxyl groups excluding tert-OH is 1. The van der Waals surface area contributed by atoms with E-state index in [1.165, 1.54) is 18.4 Å². The molecule has 2 bridgehead atoms. The number of amides is 1. The zero-order chi connectivity index (χ0) is 34.2. The van der Waals surface area contributed by atoms with E-state index in [9.17, 15) is 14.7 Å². The molecule has 5 saturated carbocycles. The molecule has 4 aliphatic heterocycles. The van der Waals surface area contributed by atoms with Gasteiger partial charge in [0.1, 0.15) is 29.8 Å². The Bertz CT molecular complexity index is 1610. The second-order valence-electron chi connectivity index (χ2n) is 18.0. The minimum Gasteiger partial charge on any atom is -0.458 e. The lowest BCUT2D eigenvalue weighted by Crippen LogP contribution is -2.69. The van der Waals surface area contributed by atoms with Crippen molar-refractivity contribution in [2.45, 2.75) is 139 Å². The lowest BCUT2D eigenvalue weighted by Gasteiger charge is -2.53. The largest absolute Gasteiger partial charge is 0.458 e. The molecule has 1 amide bonds. The molecule has 9 fully saturated rings. The summed E-state index contributed by atoms with van der Waals surface area (Å²) in [6.07, 6.45) is 10.7. The molecule has 10 rings (SSSR count). The number of benzene rings is 1. The Hall–Kier alpha value is -2.34. The summed E-state index contributed by atoms with van der Waals surface area (Å²) >= 11 is 0. The van der Waals surface area contributed by atoms with E-state index in [0.29, 0.717) is 48.2 Å². The van der Waals surface area contributed by atoms with Crippen LogP contribution < -0.4 is 5.32 Å². The van der Waals surface area contributed by atoms with Crippen LogP contribution >= 0.6 is 0 Å². The molecular formula is C40H52N2O8. The number of aliphatic hydroxyl groups is 1. The van der Waals surface area contributed by atoms with Crippen LogP contribution in [0.5, 0.6) is 0 Å². The Balaban J connectivity index is 0.953. The van der Waals surface area contributed by atoms with E-state index < -0.39 is 47.6 Å². The monoisotopic (exact) mass is 688 g/mol. The highest BCUT2D eigenvalue weighted by atomic mass is 16.8. The zero-order valence-corrected chi connectivity index (χ0v) is 29.6. The Kier molecular flexibility index (Phi) is 7.17. The number of nitrogens with zero attached hydrogens (tertiary/aromatic N) is 1. The van der Waals surface area contributed by atoms with Gasteiger partial charge in [0.25, 0.3) is 0 Å². The zero-order valence-electron chi connectivity index (χ0n) is 29.6. The summed E-state index contributed by atoms with van der Waals surface area (Å²) < 4.78 is 26.1. The first kappa shape index (κ1) is 32.3. The van der Waals surface area contributed by atoms with Crippen LogP contribution in [0.1, 0.15) is 96.1 Å². The number of hydrogen-bond donors (Lipinski definition) is 2. The number of allylic oxidation sites excluding steroid dienone is 1. The summed E-state index contributed by atoms with van der Waals surface area (Å²) in [5.41, 5.74) is 2.84. The van der Waals surface area contributed by atoms with E-state index in [0.717, 1.165) is 56.1 Å². The van der Waals surface area contributed by atoms with Crippen LogP contribution in [0.3, 0.4) is 0 Å². The molecule has 2 N–H and O–H groups in total. The van der Waals surface area contributed by atoms with Gasteiger partial charge in [-0.3, -0.25) is 14.4 Å². The lowest BCUT2D eigenvalue weighted by atomic mass is 9.52. The first-order valence-corrected chi connectivity index (χ1v) is 19.4. The van der Waals surface area contributed by atoms with Crippen LogP contribution in [0.2, 0.25) is 0 Å². The van der Waals surface area contributed by atoms with Gasteiger partial charge in [-0.05, 0) is 93.1 Å². The second kappa shape index (κ2) is 11.1. The standard InChI is InChI=1S/C40H52N2O8/c1-37(2)19-27-24(7-12-30-38(3,47-30)14-13-28(27)37)18-22-5-4-6-23(17-22)21-42-33-35(44)46-29-20-39(33,36(45)41-15-16-43)34(50-42)32-31(29)48-40(49-32,25-8-9-25)26-10-11-26/h4-6,17-18,25-34,43H,7-16,19-21H2,1-3H3,(H,41,45)/t27-,28-,29+,30?,31+,32+,33+,34-,38-,39+/m1/s1. The highest BCUT2D eigenvalue weighted by Crippen LogP contribution is 2.64. The van der Waals surface area contributed by atoms with Crippen LogP contribution in [-0.4, -0.2) is 83.1 Å². The molecule has 10 nitrogen and oxygen atoms in total. The van der Waals surface area contributed by atoms with Crippen molar-refractivity contribution in [1.29, 1.82) is 0 Å². The summed E-state index contributed by atoms with van der Waals surface area (Å²) in [5.74, 6) is 0.465. The Morgan fingerprint density at radius 3 is 2.54 bits per heavy atom. The number of ether oxygens (including phenoxy) is 4. The molecule has 1 aromatic carbocycles. The van der Waals surface area contributed by atoms with Crippen molar-refractivity contribution in [1.82, 2.24) is 10.4 Å². The van der Waals surface area contributed by atoms with Crippen molar-refractivity contribution in [3.05, 3.63) is 41.0 Å². The molecular weight excluding hydrogens is 636 g/mol. The van der Waals surface area contributed by atoms with E-state index in [1.54, 1.807) is 5.06 Å². The van der Waals surface area contributed by atoms with Crippen molar-refractivity contribution < 1.29 is 38.5 Å². The third-order valence-electron chi connectivity index (χ3n) is 14.3. The smallest absolute Gasteiger partial charge is 0.327 e. The SMILES string of the molecule is CC1(C)C[C@@H]2C(=Cc3cccc(CN4O[C@@H]5[C@H]6OC(C7CC7)(C7CC7)O[C@H]6[C@@H]6C[C@]5(C(=O)NCCO)[C@@H]4C(=O)O6)c3)CCC3O[C@]3(C)CC[C@H]21. The fourth-order valence-corrected chi connectivity index (χ4v) is 11.4. The van der Waals surface area contributed by atoms with E-state index >= 15 is 0 Å². The van der Waals surface area contributed by atoms with Crippen LogP contribution in [0.25, 0.3) is 6.08 Å². The summed E-state index contributed by atoms with van der Waals surface area (Å²) in [7, 11) is 0. The molecule has 9 aliphatic rings. The number of hydrogen-bond acceptors (Lipinski definition) is 9. The number of nitrogens with one attached hydrogen (secondary N) is 1. The van der Waals surface area contributed by atoms with Gasteiger partial charge in [0, 0.05) is 24.8 Å². The third kappa shape index (κ3) is 4.81. The fourth-order valence-electron chi connectivity index (χ4n) is 11.4. The first-order chi connectivity index (χ1) is 24.0. The molecule has 1 aromatic rings. The van der Waals surface area contributed by atoms with Crippen LogP contribution in [0.4, 0.5) is 0 Å². The molecule has 0 aromatic heterocycles. The molecule has 5 aliphatic carbocycles. The number of carbonyl (C=O) groups is 2. The predicted molar refractivity (Wildman–Crippen MR) is 181 cm³/mol. The summed E-state index contributed by atoms with van der Waals surface area (Å²) in [4.78, 5) is 35.0. The van der Waals surface area contributed by atoms with Crippen molar-refractivity contribution >= 4 is 18.0 Å². The van der Waals surface area contributed by atoms with Crippen LogP contribution in [0.15, 0.2) is 29.8 Å². The fraction of sp³-hybridized carbons (Fsp3) is 0.750. The average Bonchev–Trinajstić information content (AvgIpc) is 4.02. The van der Waals surface area contributed by atoms with Gasteiger partial charge in [0.05, 0.1) is 24.9 Å². The number of fused-ring (bicyclic) bond motifs is 6. The van der Waals surface area contributed by atoms with Gasteiger partial charge in [-0.2, -0.15) is 5.06 Å². The van der Waals surface area contributed by atoms with Crippen LogP contribution in [-0.2, 0) is 39.9 Å². The molecule has 4 heterocycles. The van der Waals surface area contributed by atoms with Crippen molar-refractivity contribution in [2.24, 2.45) is 34.5 Å². The highest BCUT2D eigenvalue weighted by Gasteiger charge is 2.78. The Labute approximate surface area is 294 Å². The number of rotatable bonds is 8. The molecule has 4 saturated heterocycles. The van der Waals surface area contributed by atoms with Gasteiger partial charge in [-0.1, -0.05) is 49.8 Å².